The maximum Gasteiger partial charge on any atom is 0.303 e. The maximum atomic E-state index is 10.4. The molecule has 1 aliphatic rings. The van der Waals surface area contributed by atoms with E-state index in [0.29, 0.717) is 6.42 Å². The van der Waals surface area contributed by atoms with E-state index in [9.17, 15) is 9.90 Å². The summed E-state index contributed by atoms with van der Waals surface area (Å²) < 4.78 is 5.47. The zero-order valence-electron chi connectivity index (χ0n) is 14.0. The zero-order valence-corrected chi connectivity index (χ0v) is 14.0. The molecule has 128 valence electrons. The van der Waals surface area contributed by atoms with E-state index >= 15 is 0 Å². The van der Waals surface area contributed by atoms with Gasteiger partial charge in [0.2, 0.25) is 0 Å². The van der Waals surface area contributed by atoms with Crippen molar-refractivity contribution in [3.05, 3.63) is 11.5 Å². The van der Waals surface area contributed by atoms with Crippen LogP contribution in [0.3, 0.4) is 0 Å². The Balaban J connectivity index is 1.94. The Bertz CT molecular complexity index is 349. The first-order chi connectivity index (χ1) is 10.6. The third-order valence-electron chi connectivity index (χ3n) is 4.12. The average Bonchev–Trinajstić information content (AvgIpc) is 3.20. The van der Waals surface area contributed by atoms with Crippen LogP contribution < -0.4 is 0 Å². The highest BCUT2D eigenvalue weighted by atomic mass is 16.6. The number of allylic oxidation sites excluding steroid dienone is 1. The Kier molecular flexibility index (Phi) is 9.96. The van der Waals surface area contributed by atoms with Gasteiger partial charge in [-0.15, -0.1) is 0 Å². The van der Waals surface area contributed by atoms with Crippen molar-refractivity contribution in [2.45, 2.75) is 96.5 Å². The molecule has 0 fully saturated rings. The number of carboxylic acid groups (broad SMARTS) is 1. The predicted octanol–water partition coefficient (Wildman–Crippen LogP) is 4.76. The lowest BCUT2D eigenvalue weighted by atomic mass is 10.1. The number of hydrogen-bond acceptors (Lipinski definition) is 3. The van der Waals surface area contributed by atoms with Gasteiger partial charge in [0.1, 0.15) is 11.5 Å². The highest BCUT2D eigenvalue weighted by Gasteiger charge is 2.26. The number of hydrogen-bond donors (Lipinski definition) is 2. The molecule has 4 heteroatoms. The Labute approximate surface area is 134 Å². The van der Waals surface area contributed by atoms with Gasteiger partial charge >= 0.3 is 5.97 Å². The minimum Gasteiger partial charge on any atom is -0.481 e. The summed E-state index contributed by atoms with van der Waals surface area (Å²) in [4.78, 5) is 10.4. The number of aliphatic hydroxyl groups is 1. The van der Waals surface area contributed by atoms with Crippen molar-refractivity contribution in [1.82, 2.24) is 0 Å². The quantitative estimate of drug-likeness (QED) is 0.427. The summed E-state index contributed by atoms with van der Waals surface area (Å²) >= 11 is 0. The third kappa shape index (κ3) is 9.82. The van der Waals surface area contributed by atoms with Gasteiger partial charge in [-0.25, -0.2) is 0 Å². The molecule has 22 heavy (non-hydrogen) atoms. The number of rotatable bonds is 15. The highest BCUT2D eigenvalue weighted by molar-refractivity contribution is 5.66. The van der Waals surface area contributed by atoms with Crippen LogP contribution in [0.25, 0.3) is 0 Å². The van der Waals surface area contributed by atoms with Gasteiger partial charge in [0.15, 0.2) is 0 Å². The molecule has 4 nitrogen and oxygen atoms in total. The molecule has 1 atom stereocenters. The summed E-state index contributed by atoms with van der Waals surface area (Å²) in [6.07, 6.45) is 12.5. The number of aliphatic hydroxyl groups excluding tert-OH is 1. The second-order valence-corrected chi connectivity index (χ2v) is 6.32. The van der Waals surface area contributed by atoms with E-state index in [0.717, 1.165) is 62.9 Å². The first kappa shape index (κ1) is 19.0. The Morgan fingerprint density at radius 1 is 1.00 bits per heavy atom. The van der Waals surface area contributed by atoms with E-state index in [1.54, 1.807) is 0 Å². The number of aliphatic carboxylic acids is 1. The lowest BCUT2D eigenvalue weighted by molar-refractivity contribution is -0.137. The minimum absolute atomic E-state index is 0.250. The Hall–Kier alpha value is -1.03. The Morgan fingerprint density at radius 2 is 1.68 bits per heavy atom. The minimum atomic E-state index is -0.700. The van der Waals surface area contributed by atoms with Crippen molar-refractivity contribution in [2.24, 2.45) is 0 Å². The molecule has 0 amide bonds. The monoisotopic (exact) mass is 312 g/mol. The van der Waals surface area contributed by atoms with Crippen molar-refractivity contribution >= 4 is 5.97 Å². The molecule has 2 N–H and O–H groups in total. The first-order valence-electron chi connectivity index (χ1n) is 8.93. The third-order valence-corrected chi connectivity index (χ3v) is 4.12. The summed E-state index contributed by atoms with van der Waals surface area (Å²) in [5, 5.41) is 18.5. The van der Waals surface area contributed by atoms with Gasteiger partial charge in [-0.1, -0.05) is 51.9 Å². The fraction of sp³-hybridized carbons (Fsp3) is 0.833. The van der Waals surface area contributed by atoms with Crippen molar-refractivity contribution < 1.29 is 19.7 Å². The van der Waals surface area contributed by atoms with Gasteiger partial charge in [0.05, 0.1) is 6.10 Å². The molecule has 0 spiro atoms. The van der Waals surface area contributed by atoms with Crippen molar-refractivity contribution in [3.8, 4) is 0 Å². The lowest BCUT2D eigenvalue weighted by Crippen LogP contribution is -2.05. The van der Waals surface area contributed by atoms with E-state index < -0.39 is 5.97 Å². The zero-order chi connectivity index (χ0) is 16.2. The Morgan fingerprint density at radius 3 is 2.41 bits per heavy atom. The number of carbonyl (C=O) groups is 1. The van der Waals surface area contributed by atoms with Gasteiger partial charge < -0.3 is 14.9 Å². The second-order valence-electron chi connectivity index (χ2n) is 6.32. The molecule has 0 bridgehead atoms. The average molecular weight is 312 g/mol. The van der Waals surface area contributed by atoms with Gasteiger partial charge in [-0.2, -0.15) is 0 Å². The molecule has 1 unspecified atom stereocenters. The first-order valence-corrected chi connectivity index (χ1v) is 8.93. The summed E-state index contributed by atoms with van der Waals surface area (Å²) in [5.41, 5.74) is 0. The number of ether oxygens (including phenoxy) is 1. The van der Waals surface area contributed by atoms with Crippen LogP contribution in [0, 0.1) is 0 Å². The molecule has 0 aliphatic carbocycles. The normalized spacial score (nSPS) is 14.8. The van der Waals surface area contributed by atoms with E-state index in [1.807, 2.05) is 0 Å². The van der Waals surface area contributed by atoms with E-state index in [4.69, 9.17) is 9.84 Å². The molecule has 0 saturated heterocycles. The summed E-state index contributed by atoms with van der Waals surface area (Å²) in [6, 6.07) is 0. The van der Waals surface area contributed by atoms with Gasteiger partial charge in [0, 0.05) is 19.3 Å². The molecule has 0 radical (unpaired) electrons. The number of unbranched alkanes of at least 4 members (excludes halogenated alkanes) is 7. The van der Waals surface area contributed by atoms with E-state index in [-0.39, 0.29) is 12.5 Å². The van der Waals surface area contributed by atoms with Crippen molar-refractivity contribution in [2.75, 3.05) is 0 Å². The van der Waals surface area contributed by atoms with Gasteiger partial charge in [-0.3, -0.25) is 4.79 Å². The van der Waals surface area contributed by atoms with Crippen LogP contribution in [-0.2, 0) is 9.53 Å². The van der Waals surface area contributed by atoms with Crippen LogP contribution in [0.15, 0.2) is 11.5 Å². The van der Waals surface area contributed by atoms with Crippen LogP contribution in [0.5, 0.6) is 0 Å². The predicted molar refractivity (Wildman–Crippen MR) is 87.4 cm³/mol. The van der Waals surface area contributed by atoms with Crippen LogP contribution >= 0.6 is 0 Å². The van der Waals surface area contributed by atoms with Crippen molar-refractivity contribution in [1.29, 1.82) is 0 Å². The summed E-state index contributed by atoms with van der Waals surface area (Å²) in [5.74, 6) is 1.39. The van der Waals surface area contributed by atoms with E-state index in [2.05, 4.69) is 6.92 Å². The fourth-order valence-corrected chi connectivity index (χ4v) is 2.68. The van der Waals surface area contributed by atoms with Gasteiger partial charge in [-0.05, 0) is 19.3 Å². The lowest BCUT2D eigenvalue weighted by Gasteiger charge is -2.06. The summed E-state index contributed by atoms with van der Waals surface area (Å²) in [6.45, 7) is 2.19. The highest BCUT2D eigenvalue weighted by Crippen LogP contribution is 2.35. The molecular weight excluding hydrogens is 280 g/mol. The van der Waals surface area contributed by atoms with Crippen molar-refractivity contribution in [3.63, 3.8) is 0 Å². The van der Waals surface area contributed by atoms with Crippen LogP contribution in [0.4, 0.5) is 0 Å². The molecule has 0 aromatic rings. The molecule has 1 rings (SSSR count). The second kappa shape index (κ2) is 11.5. The largest absolute Gasteiger partial charge is 0.481 e. The van der Waals surface area contributed by atoms with Crippen LogP contribution in [0.1, 0.15) is 90.4 Å². The standard InChI is InChI=1S/C18H32O4/c1-2-3-4-8-11-15(19)14-17-16(22-17)12-9-6-5-7-10-13-18(20)21/h15,19H,2-14H2,1H3,(H,20,21). The molecule has 0 aromatic carbocycles. The molecule has 1 aliphatic heterocycles. The topological polar surface area (TPSA) is 70.1 Å². The van der Waals surface area contributed by atoms with E-state index in [1.165, 1.54) is 19.3 Å². The molecule has 1 heterocycles. The maximum absolute atomic E-state index is 10.4. The number of carboxylic acids is 1. The van der Waals surface area contributed by atoms with Crippen LogP contribution in [-0.4, -0.2) is 22.3 Å². The smallest absolute Gasteiger partial charge is 0.303 e. The SMILES string of the molecule is CCCCCCC(O)CC1=C(CCCCCCCC(=O)O)O1. The fourth-order valence-electron chi connectivity index (χ4n) is 2.68. The van der Waals surface area contributed by atoms with Crippen LogP contribution in [0.2, 0.25) is 0 Å². The molecule has 0 aromatic heterocycles. The molecular formula is C18H32O4. The van der Waals surface area contributed by atoms with Gasteiger partial charge in [0.25, 0.3) is 0 Å². The molecule has 0 saturated carbocycles. The summed E-state index contributed by atoms with van der Waals surface area (Å²) in [7, 11) is 0.